The summed E-state index contributed by atoms with van der Waals surface area (Å²) in [6, 6.07) is 12.4. The number of amides is 2. The molecule has 2 aromatic rings. The number of carbonyl (C=O) groups is 3. The highest BCUT2D eigenvalue weighted by Gasteiger charge is 2.27. The number of hydrogen-bond acceptors (Lipinski definition) is 5. The van der Waals surface area contributed by atoms with Crippen LogP contribution in [0.4, 0.5) is 4.79 Å². The molecule has 2 amide bonds. The van der Waals surface area contributed by atoms with Crippen molar-refractivity contribution in [3.05, 3.63) is 66.0 Å². The van der Waals surface area contributed by atoms with Crippen LogP contribution in [0.5, 0.6) is 0 Å². The third-order valence-electron chi connectivity index (χ3n) is 5.28. The van der Waals surface area contributed by atoms with Crippen molar-refractivity contribution in [2.75, 3.05) is 7.11 Å². The van der Waals surface area contributed by atoms with E-state index in [1.54, 1.807) is 35.3 Å². The van der Waals surface area contributed by atoms with Gasteiger partial charge in [-0.1, -0.05) is 57.5 Å². The minimum Gasteiger partial charge on any atom is -0.467 e. The number of ether oxygens (including phenoxy) is 2. The molecule has 8 heteroatoms. The first-order valence-electron chi connectivity index (χ1n) is 11.0. The zero-order valence-corrected chi connectivity index (χ0v) is 19.6. The van der Waals surface area contributed by atoms with Crippen molar-refractivity contribution in [3.8, 4) is 0 Å². The van der Waals surface area contributed by atoms with Gasteiger partial charge in [-0.2, -0.15) is 9.56 Å². The Morgan fingerprint density at radius 1 is 1.09 bits per heavy atom. The Kier molecular flexibility index (Phi) is 10.2. The van der Waals surface area contributed by atoms with Gasteiger partial charge in [0.25, 0.3) is 12.6 Å². The highest BCUT2D eigenvalue weighted by Crippen LogP contribution is 2.10. The van der Waals surface area contributed by atoms with Gasteiger partial charge in [0.05, 0.1) is 12.7 Å². The minimum atomic E-state index is -0.720. The monoisotopic (exact) mass is 454 g/mol. The van der Waals surface area contributed by atoms with Crippen LogP contribution in [0.25, 0.3) is 0 Å². The predicted molar refractivity (Wildman–Crippen MR) is 124 cm³/mol. The molecule has 0 saturated heterocycles. The van der Waals surface area contributed by atoms with Crippen LogP contribution in [-0.4, -0.2) is 37.3 Å². The van der Waals surface area contributed by atoms with Crippen molar-refractivity contribution in [2.24, 2.45) is 16.8 Å². The fraction of sp³-hybridized carbons (Fsp3) is 0.400. The van der Waals surface area contributed by atoms with E-state index in [4.69, 9.17) is 9.47 Å². The largest absolute Gasteiger partial charge is 0.467 e. The smallest absolute Gasteiger partial charge is 0.438 e. The quantitative estimate of drug-likeness (QED) is 0.337. The standard InChI is InChI=1S/C25H31N3O5/c1-5-19(3)22(24(30)32-4)27-23(29)21-11-13-28(14-12-21)17-33-25(31)26-16-18(2)15-20-9-7-6-8-10-20/h6-14,16,18-19,22H,5,15,17H2,1-4H3/p+1/b26-16+/t18?,19-,22-/m0/s1. The maximum Gasteiger partial charge on any atom is 0.438 e. The lowest BCUT2D eigenvalue weighted by Crippen LogP contribution is -2.46. The fourth-order valence-corrected chi connectivity index (χ4v) is 3.11. The molecule has 1 unspecified atom stereocenters. The third-order valence-corrected chi connectivity index (χ3v) is 5.28. The first-order chi connectivity index (χ1) is 15.8. The van der Waals surface area contributed by atoms with Crippen LogP contribution in [0.2, 0.25) is 0 Å². The second-order valence-corrected chi connectivity index (χ2v) is 7.95. The average Bonchev–Trinajstić information content (AvgIpc) is 2.84. The van der Waals surface area contributed by atoms with Gasteiger partial charge in [0.15, 0.2) is 12.4 Å². The Hall–Kier alpha value is -3.55. The molecule has 8 nitrogen and oxygen atoms in total. The van der Waals surface area contributed by atoms with Crippen LogP contribution in [0, 0.1) is 11.8 Å². The van der Waals surface area contributed by atoms with Crippen molar-refractivity contribution in [1.29, 1.82) is 0 Å². The van der Waals surface area contributed by atoms with Gasteiger partial charge in [-0.25, -0.2) is 9.59 Å². The number of benzene rings is 1. The molecular formula is C25H32N3O5+. The van der Waals surface area contributed by atoms with E-state index in [0.29, 0.717) is 12.0 Å². The van der Waals surface area contributed by atoms with Gasteiger partial charge < -0.3 is 14.8 Å². The second kappa shape index (κ2) is 13.1. The van der Waals surface area contributed by atoms with E-state index in [0.717, 1.165) is 6.42 Å². The Morgan fingerprint density at radius 2 is 1.76 bits per heavy atom. The second-order valence-electron chi connectivity index (χ2n) is 7.95. The molecule has 2 rings (SSSR count). The molecule has 33 heavy (non-hydrogen) atoms. The normalized spacial score (nSPS) is 13.7. The number of aliphatic imine (C=N–C) groups is 1. The van der Waals surface area contributed by atoms with Crippen molar-refractivity contribution in [1.82, 2.24) is 5.32 Å². The molecule has 1 N–H and O–H groups in total. The van der Waals surface area contributed by atoms with E-state index in [1.165, 1.54) is 12.7 Å². The molecular weight excluding hydrogens is 422 g/mol. The van der Waals surface area contributed by atoms with E-state index < -0.39 is 18.1 Å². The van der Waals surface area contributed by atoms with E-state index in [9.17, 15) is 14.4 Å². The zero-order valence-electron chi connectivity index (χ0n) is 19.6. The van der Waals surface area contributed by atoms with Gasteiger partial charge in [-0.3, -0.25) is 4.79 Å². The van der Waals surface area contributed by atoms with Crippen molar-refractivity contribution < 1.29 is 28.4 Å². The summed E-state index contributed by atoms with van der Waals surface area (Å²) in [7, 11) is 1.30. The molecule has 0 aliphatic heterocycles. The Balaban J connectivity index is 1.85. The number of methoxy groups -OCH3 is 1. The number of rotatable bonds is 10. The number of pyridine rings is 1. The first-order valence-corrected chi connectivity index (χ1v) is 11.0. The number of aromatic nitrogens is 1. The molecule has 0 saturated carbocycles. The van der Waals surface area contributed by atoms with Crippen molar-refractivity contribution in [3.63, 3.8) is 0 Å². The van der Waals surface area contributed by atoms with Gasteiger partial charge in [-0.15, -0.1) is 0 Å². The molecule has 1 aromatic heterocycles. The third kappa shape index (κ3) is 8.48. The lowest BCUT2D eigenvalue weighted by molar-refractivity contribution is -0.727. The Labute approximate surface area is 194 Å². The van der Waals surface area contributed by atoms with Crippen LogP contribution < -0.4 is 9.88 Å². The highest BCUT2D eigenvalue weighted by atomic mass is 16.6. The Bertz CT molecular complexity index is 944. The zero-order chi connectivity index (χ0) is 24.2. The van der Waals surface area contributed by atoms with Crippen molar-refractivity contribution >= 4 is 24.2 Å². The molecule has 0 radical (unpaired) electrons. The summed E-state index contributed by atoms with van der Waals surface area (Å²) in [5.74, 6) is -0.832. The molecule has 0 aliphatic carbocycles. The molecule has 176 valence electrons. The van der Waals surface area contributed by atoms with Crippen LogP contribution >= 0.6 is 0 Å². The van der Waals surface area contributed by atoms with Gasteiger partial charge in [0.2, 0.25) is 0 Å². The number of hydrogen-bond donors (Lipinski definition) is 1. The molecule has 0 spiro atoms. The molecule has 3 atom stereocenters. The number of nitrogens with zero attached hydrogens (tertiary/aromatic N) is 2. The average molecular weight is 455 g/mol. The lowest BCUT2D eigenvalue weighted by atomic mass is 9.99. The highest BCUT2D eigenvalue weighted by molar-refractivity contribution is 5.96. The summed E-state index contributed by atoms with van der Waals surface area (Å²) in [6.45, 7) is 5.75. The van der Waals surface area contributed by atoms with Crippen LogP contribution in [0.1, 0.15) is 43.1 Å². The van der Waals surface area contributed by atoms with Crippen LogP contribution in [0.15, 0.2) is 59.9 Å². The minimum absolute atomic E-state index is 0.0389. The maximum absolute atomic E-state index is 12.5. The number of nitrogens with one attached hydrogen (secondary N) is 1. The van der Waals surface area contributed by atoms with Crippen molar-refractivity contribution in [2.45, 2.75) is 46.4 Å². The van der Waals surface area contributed by atoms with Gasteiger partial charge in [0, 0.05) is 18.3 Å². The predicted octanol–water partition coefficient (Wildman–Crippen LogP) is 3.34. The van der Waals surface area contributed by atoms with E-state index in [2.05, 4.69) is 10.3 Å². The maximum atomic E-state index is 12.5. The van der Waals surface area contributed by atoms with Gasteiger partial charge in [-0.05, 0) is 23.8 Å². The summed E-state index contributed by atoms with van der Waals surface area (Å²) in [5.41, 5.74) is 1.55. The first kappa shape index (κ1) is 25.7. The summed E-state index contributed by atoms with van der Waals surface area (Å²) in [4.78, 5) is 40.3. The van der Waals surface area contributed by atoms with E-state index >= 15 is 0 Å². The van der Waals surface area contributed by atoms with E-state index in [1.807, 2.05) is 51.1 Å². The SMILES string of the molecule is CC[C@H](C)[C@H](NC(=O)c1cc[n+](COC(=O)/N=C/C(C)Cc2ccccc2)cc1)C(=O)OC. The number of carbonyl (C=O) groups excluding carboxylic acids is 3. The molecule has 1 heterocycles. The number of esters is 1. The Morgan fingerprint density at radius 3 is 2.36 bits per heavy atom. The lowest BCUT2D eigenvalue weighted by Gasteiger charge is -2.21. The molecule has 0 fully saturated rings. The fourth-order valence-electron chi connectivity index (χ4n) is 3.11. The molecule has 0 bridgehead atoms. The van der Waals surface area contributed by atoms with E-state index in [-0.39, 0.29) is 24.5 Å². The summed E-state index contributed by atoms with van der Waals surface area (Å²) in [6.07, 6.45) is 5.62. The van der Waals surface area contributed by atoms with Crippen LogP contribution in [-0.2, 0) is 27.4 Å². The van der Waals surface area contributed by atoms with Gasteiger partial charge in [0.1, 0.15) is 6.04 Å². The summed E-state index contributed by atoms with van der Waals surface area (Å²) >= 11 is 0. The van der Waals surface area contributed by atoms with Crippen LogP contribution in [0.3, 0.4) is 0 Å². The summed E-state index contributed by atoms with van der Waals surface area (Å²) < 4.78 is 11.5. The molecule has 0 aliphatic rings. The summed E-state index contributed by atoms with van der Waals surface area (Å²) in [5, 5.41) is 2.72. The topological polar surface area (TPSA) is 97.9 Å². The van der Waals surface area contributed by atoms with Gasteiger partial charge >= 0.3 is 12.1 Å². The molecule has 1 aromatic carbocycles.